The number of nitrogens with zero attached hydrogens (tertiary/aromatic N) is 2. The molecule has 0 fully saturated rings. The molecule has 1 atom stereocenters. The molecule has 2 nitrogen and oxygen atoms in total. The number of allylic oxidation sites excluding steroid dienone is 5. The van der Waals surface area contributed by atoms with E-state index in [2.05, 4.69) is 333 Å². The molecule has 3 heteroatoms. The van der Waals surface area contributed by atoms with Gasteiger partial charge in [-0.1, -0.05) is 249 Å². The second-order valence-corrected chi connectivity index (χ2v) is 23.3. The zero-order valence-corrected chi connectivity index (χ0v) is 47.3. The zero-order chi connectivity index (χ0) is 55.9. The van der Waals surface area contributed by atoms with Crippen LogP contribution in [-0.4, -0.2) is 0 Å². The lowest BCUT2D eigenvalue weighted by atomic mass is 9.64. The molecule has 0 amide bonds. The lowest BCUT2D eigenvalue weighted by Crippen LogP contribution is -2.36. The molecule has 3 aliphatic rings. The summed E-state index contributed by atoms with van der Waals surface area (Å²) >= 11 is 1.86. The molecule has 1 unspecified atom stereocenters. The Morgan fingerprint density at radius 3 is 1.64 bits per heavy atom. The second kappa shape index (κ2) is 19.7. The minimum absolute atomic E-state index is 0.609. The minimum Gasteiger partial charge on any atom is -0.310 e. The van der Waals surface area contributed by atoms with Crippen molar-refractivity contribution in [2.45, 2.75) is 17.8 Å². The number of para-hydroxylation sites is 2. The smallest absolute Gasteiger partial charge is 0.0754 e. The maximum atomic E-state index is 4.46. The molecule has 0 spiro atoms. The van der Waals surface area contributed by atoms with Crippen molar-refractivity contribution >= 4 is 71.2 Å². The van der Waals surface area contributed by atoms with Gasteiger partial charge in [0.2, 0.25) is 0 Å². The highest BCUT2D eigenvalue weighted by Gasteiger charge is 2.53. The van der Waals surface area contributed by atoms with Gasteiger partial charge in [-0.3, -0.25) is 0 Å². The van der Waals surface area contributed by atoms with Crippen LogP contribution >= 0.6 is 11.3 Å². The average Bonchev–Trinajstić information content (AvgIpc) is 3.26. The summed E-state index contributed by atoms with van der Waals surface area (Å²) in [6, 6.07) is 108. The van der Waals surface area contributed by atoms with Crippen LogP contribution in [0, 0.1) is 0 Å². The van der Waals surface area contributed by atoms with E-state index in [-0.39, 0.29) is 0 Å². The van der Waals surface area contributed by atoms with Crippen molar-refractivity contribution in [3.63, 3.8) is 0 Å². The Morgan fingerprint density at radius 1 is 0.405 bits per heavy atom. The van der Waals surface area contributed by atoms with Crippen molar-refractivity contribution in [1.82, 2.24) is 0 Å². The average molecular weight is 1090 g/mol. The molecule has 16 rings (SSSR count). The molecular weight excluding hydrogens is 1030 g/mol. The Morgan fingerprint density at radius 2 is 0.940 bits per heavy atom. The van der Waals surface area contributed by atoms with Crippen LogP contribution in [0.2, 0.25) is 0 Å². The fraction of sp³-hybridized carbons (Fsp3) is 0.0370. The number of rotatable bonds is 11. The lowest BCUT2D eigenvalue weighted by Gasteiger charge is -2.45. The van der Waals surface area contributed by atoms with E-state index in [9.17, 15) is 0 Å². The fourth-order valence-corrected chi connectivity index (χ4v) is 15.8. The number of benzene rings is 12. The second-order valence-electron chi connectivity index (χ2n) is 22.2. The molecule has 0 saturated heterocycles. The maximum Gasteiger partial charge on any atom is 0.0754 e. The van der Waals surface area contributed by atoms with Crippen LogP contribution in [0.5, 0.6) is 0 Å². The number of hydrogen-bond donors (Lipinski definition) is 0. The largest absolute Gasteiger partial charge is 0.310 e. The van der Waals surface area contributed by atoms with E-state index in [1.54, 1.807) is 0 Å². The predicted octanol–water partition coefficient (Wildman–Crippen LogP) is 21.9. The summed E-state index contributed by atoms with van der Waals surface area (Å²) in [7, 11) is 0. The first kappa shape index (κ1) is 49.5. The molecule has 0 saturated carbocycles. The standard InChI is InChI=1S/C81H56N2S/c1-3-24-71-64(4-2)66-47-44-62(52-74(66)80(71,57-27-12-6-13-28-57)58-29-14-7-15-30-58)82(63-45-48-69-68-35-20-23-38-76(68)84-77(69)53-63)61-42-39-54(40-43-61)56-41-46-67-70-50-49-65(55-25-10-5-11-26-55)79-78(70)81(73(67)51-56,59-31-16-8-17-32-59)72-36-21-22-37-75(72)83(79)60-33-18-9-19-34-60/h3-53H,2H2,1H3/b24-3-. The molecule has 0 bridgehead atoms. The van der Waals surface area contributed by atoms with E-state index in [1.165, 1.54) is 109 Å². The van der Waals surface area contributed by atoms with Gasteiger partial charge in [0.05, 0.1) is 22.2 Å². The Labute approximate surface area is 495 Å². The molecule has 84 heavy (non-hydrogen) atoms. The first-order chi connectivity index (χ1) is 41.6. The monoisotopic (exact) mass is 1090 g/mol. The Hall–Kier alpha value is -10.3. The van der Waals surface area contributed by atoms with Crippen molar-refractivity contribution in [1.29, 1.82) is 0 Å². The molecule has 0 radical (unpaired) electrons. The quantitative estimate of drug-likeness (QED) is 0.127. The summed E-state index contributed by atoms with van der Waals surface area (Å²) in [5, 5.41) is 2.56. The van der Waals surface area contributed by atoms with Crippen LogP contribution in [-0.2, 0) is 10.8 Å². The van der Waals surface area contributed by atoms with Crippen LogP contribution in [0.25, 0.3) is 59.1 Å². The van der Waals surface area contributed by atoms with Crippen molar-refractivity contribution in [3.8, 4) is 33.4 Å². The Balaban J connectivity index is 0.888. The Bertz CT molecular complexity index is 4750. The lowest BCUT2D eigenvalue weighted by molar-refractivity contribution is 0.754. The molecular formula is C81H56N2S. The van der Waals surface area contributed by atoms with E-state index in [1.807, 2.05) is 11.3 Å². The number of anilines is 6. The zero-order valence-electron chi connectivity index (χ0n) is 46.5. The highest BCUT2D eigenvalue weighted by atomic mass is 32.1. The summed E-state index contributed by atoms with van der Waals surface area (Å²) in [6.07, 6.45) is 6.53. The van der Waals surface area contributed by atoms with Gasteiger partial charge in [0.25, 0.3) is 0 Å². The van der Waals surface area contributed by atoms with E-state index >= 15 is 0 Å². The topological polar surface area (TPSA) is 6.48 Å². The molecule has 396 valence electrons. The summed E-state index contributed by atoms with van der Waals surface area (Å²) in [6.45, 7) is 6.58. The molecule has 2 aliphatic carbocycles. The van der Waals surface area contributed by atoms with Crippen LogP contribution in [0.3, 0.4) is 0 Å². The Kier molecular flexibility index (Phi) is 11.6. The SMILES string of the molecule is C=CC1=C(/C=C\C)C(c2ccccc2)(c2ccccc2)c2cc(N(c3ccc(-c4ccc5c(c4)C4(c6ccccc6)c6ccccc6N(c6ccccc6)c6c(-c7ccccc7)ccc-5c64)cc3)c3ccc4c(c3)sc3ccccc34)ccc21. The van der Waals surface area contributed by atoms with E-state index in [4.69, 9.17) is 0 Å². The van der Waals surface area contributed by atoms with Gasteiger partial charge in [0.15, 0.2) is 0 Å². The minimum atomic E-state index is -0.624. The summed E-state index contributed by atoms with van der Waals surface area (Å²) in [5.41, 5.74) is 25.1. The highest BCUT2D eigenvalue weighted by molar-refractivity contribution is 7.25. The number of thiophene rings is 1. The molecule has 13 aromatic rings. The van der Waals surface area contributed by atoms with Crippen molar-refractivity contribution in [2.24, 2.45) is 0 Å². The first-order valence-electron chi connectivity index (χ1n) is 29.1. The normalized spacial score (nSPS) is 15.3. The molecule has 1 aromatic heterocycles. The van der Waals surface area contributed by atoms with E-state index in [0.717, 1.165) is 33.9 Å². The van der Waals surface area contributed by atoms with Gasteiger partial charge in [-0.2, -0.15) is 0 Å². The predicted molar refractivity (Wildman–Crippen MR) is 355 cm³/mol. The van der Waals surface area contributed by atoms with Gasteiger partial charge in [-0.25, -0.2) is 0 Å². The van der Waals surface area contributed by atoms with Gasteiger partial charge in [0.1, 0.15) is 0 Å². The van der Waals surface area contributed by atoms with Crippen LogP contribution in [0.15, 0.2) is 322 Å². The van der Waals surface area contributed by atoms with Crippen LogP contribution < -0.4 is 9.80 Å². The van der Waals surface area contributed by atoms with E-state index in [0.29, 0.717) is 0 Å². The number of fused-ring (bicyclic) bond motifs is 9. The van der Waals surface area contributed by atoms with E-state index < -0.39 is 10.8 Å². The maximum absolute atomic E-state index is 4.46. The van der Waals surface area contributed by atoms with Gasteiger partial charge < -0.3 is 9.80 Å². The van der Waals surface area contributed by atoms with Gasteiger partial charge in [0, 0.05) is 54.0 Å². The van der Waals surface area contributed by atoms with Gasteiger partial charge in [-0.15, -0.1) is 11.3 Å². The van der Waals surface area contributed by atoms with Gasteiger partial charge >= 0.3 is 0 Å². The molecule has 12 aromatic carbocycles. The summed E-state index contributed by atoms with van der Waals surface area (Å²) in [4.78, 5) is 4.98. The summed E-state index contributed by atoms with van der Waals surface area (Å²) < 4.78 is 2.55. The first-order valence-corrected chi connectivity index (χ1v) is 29.9. The fourth-order valence-electron chi connectivity index (χ4n) is 14.6. The third kappa shape index (κ3) is 7.22. The van der Waals surface area contributed by atoms with Crippen molar-refractivity contribution < 1.29 is 0 Å². The van der Waals surface area contributed by atoms with Gasteiger partial charge in [-0.05, 0) is 152 Å². The molecule has 0 N–H and O–H groups in total. The highest BCUT2D eigenvalue weighted by Crippen LogP contribution is 2.67. The summed E-state index contributed by atoms with van der Waals surface area (Å²) in [5.74, 6) is 0. The third-order valence-corrected chi connectivity index (χ3v) is 19.2. The molecule has 1 aliphatic heterocycles. The third-order valence-electron chi connectivity index (χ3n) is 18.0. The van der Waals surface area contributed by atoms with Crippen molar-refractivity contribution in [3.05, 3.63) is 366 Å². The number of hydrogen-bond acceptors (Lipinski definition) is 3. The van der Waals surface area contributed by atoms with Crippen LogP contribution in [0.1, 0.15) is 51.4 Å². The van der Waals surface area contributed by atoms with Crippen LogP contribution in [0.4, 0.5) is 34.1 Å². The molecule has 2 heterocycles. The van der Waals surface area contributed by atoms with Crippen molar-refractivity contribution in [2.75, 3.05) is 9.80 Å².